The van der Waals surface area contributed by atoms with Gasteiger partial charge in [0.2, 0.25) is 0 Å². The van der Waals surface area contributed by atoms with Crippen molar-refractivity contribution >= 4 is 15.9 Å². The molecular formula is C14H18BrN3. The van der Waals surface area contributed by atoms with Crippen molar-refractivity contribution in [2.24, 2.45) is 7.05 Å². The third kappa shape index (κ3) is 2.35. The standard InChI is InChI=1S/C14H18BrN3/c1-9-5-6-11(15)7-12(9)14-10(2)13(8-16-3)18(4)17-14/h5-7,16H,8H2,1-4H3. The van der Waals surface area contributed by atoms with Crippen molar-refractivity contribution in [1.29, 1.82) is 0 Å². The zero-order valence-corrected chi connectivity index (χ0v) is 12.8. The molecule has 0 atom stereocenters. The van der Waals surface area contributed by atoms with Crippen molar-refractivity contribution in [3.8, 4) is 11.3 Å². The van der Waals surface area contributed by atoms with Crippen molar-refractivity contribution in [3.63, 3.8) is 0 Å². The van der Waals surface area contributed by atoms with Gasteiger partial charge in [0.1, 0.15) is 0 Å². The smallest absolute Gasteiger partial charge is 0.0958 e. The zero-order chi connectivity index (χ0) is 13.3. The van der Waals surface area contributed by atoms with Crippen LogP contribution >= 0.6 is 15.9 Å². The van der Waals surface area contributed by atoms with E-state index in [-0.39, 0.29) is 0 Å². The highest BCUT2D eigenvalue weighted by atomic mass is 79.9. The van der Waals surface area contributed by atoms with E-state index in [2.05, 4.69) is 58.4 Å². The fraction of sp³-hybridized carbons (Fsp3) is 0.357. The molecule has 0 saturated carbocycles. The summed E-state index contributed by atoms with van der Waals surface area (Å²) in [6.07, 6.45) is 0. The van der Waals surface area contributed by atoms with Gasteiger partial charge < -0.3 is 5.32 Å². The van der Waals surface area contributed by atoms with Gasteiger partial charge in [-0.3, -0.25) is 4.68 Å². The summed E-state index contributed by atoms with van der Waals surface area (Å²) in [5.74, 6) is 0. The number of rotatable bonds is 3. The molecule has 3 nitrogen and oxygen atoms in total. The lowest BCUT2D eigenvalue weighted by Crippen LogP contribution is -2.10. The Morgan fingerprint density at radius 2 is 2.06 bits per heavy atom. The SMILES string of the molecule is CNCc1c(C)c(-c2cc(Br)ccc2C)nn1C. The Balaban J connectivity index is 2.57. The van der Waals surface area contributed by atoms with Gasteiger partial charge in [0.05, 0.1) is 11.4 Å². The Kier molecular flexibility index (Phi) is 3.88. The first-order valence-corrected chi connectivity index (χ1v) is 6.77. The molecule has 0 aliphatic heterocycles. The monoisotopic (exact) mass is 307 g/mol. The molecule has 1 aromatic heterocycles. The molecule has 0 unspecified atom stereocenters. The lowest BCUT2D eigenvalue weighted by molar-refractivity contribution is 0.671. The van der Waals surface area contributed by atoms with Crippen LogP contribution < -0.4 is 5.32 Å². The van der Waals surface area contributed by atoms with E-state index in [9.17, 15) is 0 Å². The number of nitrogens with one attached hydrogen (secondary N) is 1. The second kappa shape index (κ2) is 5.24. The van der Waals surface area contributed by atoms with Gasteiger partial charge >= 0.3 is 0 Å². The average molecular weight is 308 g/mol. The average Bonchev–Trinajstić information content (AvgIpc) is 2.61. The maximum atomic E-state index is 4.66. The second-order valence-electron chi connectivity index (χ2n) is 4.53. The van der Waals surface area contributed by atoms with Gasteiger partial charge in [-0.25, -0.2) is 0 Å². The number of aromatic nitrogens is 2. The molecular weight excluding hydrogens is 290 g/mol. The van der Waals surface area contributed by atoms with Gasteiger partial charge in [-0.1, -0.05) is 22.0 Å². The zero-order valence-electron chi connectivity index (χ0n) is 11.2. The van der Waals surface area contributed by atoms with Crippen LogP contribution in [-0.4, -0.2) is 16.8 Å². The first-order chi connectivity index (χ1) is 8.54. The normalized spacial score (nSPS) is 10.9. The minimum Gasteiger partial charge on any atom is -0.314 e. The predicted octanol–water partition coefficient (Wildman–Crippen LogP) is 3.19. The van der Waals surface area contributed by atoms with Gasteiger partial charge in [-0.2, -0.15) is 5.10 Å². The summed E-state index contributed by atoms with van der Waals surface area (Å²) in [5.41, 5.74) is 5.98. The van der Waals surface area contributed by atoms with E-state index in [0.717, 1.165) is 16.7 Å². The quantitative estimate of drug-likeness (QED) is 0.944. The summed E-state index contributed by atoms with van der Waals surface area (Å²) in [7, 11) is 3.95. The molecule has 2 aromatic rings. The Morgan fingerprint density at radius 3 is 2.72 bits per heavy atom. The van der Waals surface area contributed by atoms with Crippen LogP contribution in [0.1, 0.15) is 16.8 Å². The largest absolute Gasteiger partial charge is 0.314 e. The Labute approximate surface area is 116 Å². The number of nitrogens with zero attached hydrogens (tertiary/aromatic N) is 2. The summed E-state index contributed by atoms with van der Waals surface area (Å²) in [4.78, 5) is 0. The fourth-order valence-corrected chi connectivity index (χ4v) is 2.55. The summed E-state index contributed by atoms with van der Waals surface area (Å²) in [6, 6.07) is 6.31. The Bertz CT molecular complexity index is 573. The third-order valence-electron chi connectivity index (χ3n) is 3.23. The van der Waals surface area contributed by atoms with Gasteiger partial charge in [-0.05, 0) is 44.2 Å². The van der Waals surface area contributed by atoms with Crippen molar-refractivity contribution in [2.45, 2.75) is 20.4 Å². The van der Waals surface area contributed by atoms with Crippen LogP contribution in [0.3, 0.4) is 0 Å². The van der Waals surface area contributed by atoms with Gasteiger partial charge in [0, 0.05) is 23.6 Å². The molecule has 0 aliphatic rings. The molecule has 1 N–H and O–H groups in total. The number of aryl methyl sites for hydroxylation is 2. The number of benzene rings is 1. The molecule has 0 fully saturated rings. The van der Waals surface area contributed by atoms with E-state index in [1.807, 2.05) is 18.8 Å². The van der Waals surface area contributed by atoms with Crippen LogP contribution in [0.25, 0.3) is 11.3 Å². The van der Waals surface area contributed by atoms with E-state index in [4.69, 9.17) is 0 Å². The van der Waals surface area contributed by atoms with Crippen LogP contribution in [0.5, 0.6) is 0 Å². The first kappa shape index (κ1) is 13.3. The van der Waals surface area contributed by atoms with Crippen LogP contribution in [0.2, 0.25) is 0 Å². The van der Waals surface area contributed by atoms with E-state index < -0.39 is 0 Å². The third-order valence-corrected chi connectivity index (χ3v) is 3.72. The van der Waals surface area contributed by atoms with Gasteiger partial charge in [0.15, 0.2) is 0 Å². The van der Waals surface area contributed by atoms with Crippen molar-refractivity contribution in [1.82, 2.24) is 15.1 Å². The number of hydrogen-bond donors (Lipinski definition) is 1. The van der Waals surface area contributed by atoms with E-state index in [1.54, 1.807) is 0 Å². The lowest BCUT2D eigenvalue weighted by atomic mass is 10.0. The fourth-order valence-electron chi connectivity index (χ4n) is 2.18. The van der Waals surface area contributed by atoms with Gasteiger partial charge in [0.25, 0.3) is 0 Å². The maximum Gasteiger partial charge on any atom is 0.0958 e. The minimum atomic E-state index is 0.836. The highest BCUT2D eigenvalue weighted by molar-refractivity contribution is 9.10. The molecule has 0 spiro atoms. The lowest BCUT2D eigenvalue weighted by Gasteiger charge is -2.05. The second-order valence-corrected chi connectivity index (χ2v) is 5.45. The highest BCUT2D eigenvalue weighted by Gasteiger charge is 2.15. The minimum absolute atomic E-state index is 0.836. The molecule has 0 aliphatic carbocycles. The summed E-state index contributed by atoms with van der Waals surface area (Å²) in [6.45, 7) is 5.09. The highest BCUT2D eigenvalue weighted by Crippen LogP contribution is 2.29. The van der Waals surface area contributed by atoms with Crippen molar-refractivity contribution in [2.75, 3.05) is 7.05 Å². The molecule has 0 amide bonds. The summed E-state index contributed by atoms with van der Waals surface area (Å²) < 4.78 is 3.05. The Morgan fingerprint density at radius 1 is 1.33 bits per heavy atom. The molecule has 2 rings (SSSR count). The number of hydrogen-bond acceptors (Lipinski definition) is 2. The maximum absolute atomic E-state index is 4.66. The van der Waals surface area contributed by atoms with Crippen LogP contribution in [-0.2, 0) is 13.6 Å². The molecule has 0 saturated heterocycles. The van der Waals surface area contributed by atoms with E-state index in [0.29, 0.717) is 0 Å². The number of halogens is 1. The summed E-state index contributed by atoms with van der Waals surface area (Å²) in [5, 5.41) is 7.84. The molecule has 0 bridgehead atoms. The van der Waals surface area contributed by atoms with Crippen molar-refractivity contribution in [3.05, 3.63) is 39.5 Å². The van der Waals surface area contributed by atoms with E-state index in [1.165, 1.54) is 22.4 Å². The molecule has 0 radical (unpaired) electrons. The predicted molar refractivity (Wildman–Crippen MR) is 78.6 cm³/mol. The first-order valence-electron chi connectivity index (χ1n) is 5.98. The van der Waals surface area contributed by atoms with Crippen LogP contribution in [0.4, 0.5) is 0 Å². The molecule has 4 heteroatoms. The molecule has 1 aromatic carbocycles. The van der Waals surface area contributed by atoms with Crippen LogP contribution in [0, 0.1) is 13.8 Å². The van der Waals surface area contributed by atoms with Crippen molar-refractivity contribution < 1.29 is 0 Å². The molecule has 1 heterocycles. The van der Waals surface area contributed by atoms with Gasteiger partial charge in [-0.15, -0.1) is 0 Å². The Hall–Kier alpha value is -1.13. The summed E-state index contributed by atoms with van der Waals surface area (Å²) >= 11 is 3.53. The molecule has 96 valence electrons. The van der Waals surface area contributed by atoms with Crippen LogP contribution in [0.15, 0.2) is 22.7 Å². The topological polar surface area (TPSA) is 29.9 Å². The molecule has 18 heavy (non-hydrogen) atoms. The van der Waals surface area contributed by atoms with E-state index >= 15 is 0 Å².